The van der Waals surface area contributed by atoms with Crippen molar-refractivity contribution in [1.29, 1.82) is 0 Å². The van der Waals surface area contributed by atoms with E-state index in [9.17, 15) is 18.4 Å². The molecule has 0 aromatic heterocycles. The van der Waals surface area contributed by atoms with Gasteiger partial charge < -0.3 is 20.1 Å². The number of para-hydroxylation sites is 2. The average molecular weight is 404 g/mol. The Morgan fingerprint density at radius 3 is 2.38 bits per heavy atom. The first kappa shape index (κ1) is 20.6. The quantitative estimate of drug-likeness (QED) is 0.776. The molecular formula is C21H22F2N2O4. The molecule has 2 unspecified atom stereocenters. The molecule has 29 heavy (non-hydrogen) atoms. The van der Waals surface area contributed by atoms with Gasteiger partial charge in [0.15, 0.2) is 11.5 Å². The van der Waals surface area contributed by atoms with E-state index < -0.39 is 41.2 Å². The van der Waals surface area contributed by atoms with Gasteiger partial charge in [-0.15, -0.1) is 0 Å². The molecule has 2 atom stereocenters. The molecule has 0 fully saturated rings. The summed E-state index contributed by atoms with van der Waals surface area (Å²) >= 11 is 0. The van der Waals surface area contributed by atoms with Crippen LogP contribution in [0, 0.1) is 17.6 Å². The Morgan fingerprint density at radius 2 is 1.72 bits per heavy atom. The fourth-order valence-electron chi connectivity index (χ4n) is 2.95. The van der Waals surface area contributed by atoms with Crippen molar-refractivity contribution in [3.63, 3.8) is 0 Å². The summed E-state index contributed by atoms with van der Waals surface area (Å²) in [4.78, 5) is 24.9. The van der Waals surface area contributed by atoms with Crippen LogP contribution in [0.5, 0.6) is 11.5 Å². The van der Waals surface area contributed by atoms with Crippen LogP contribution in [0.1, 0.15) is 24.2 Å². The molecule has 3 rings (SSSR count). The molecule has 2 amide bonds. The van der Waals surface area contributed by atoms with Crippen LogP contribution >= 0.6 is 0 Å². The fourth-order valence-corrected chi connectivity index (χ4v) is 2.95. The van der Waals surface area contributed by atoms with Crippen molar-refractivity contribution in [1.82, 2.24) is 10.6 Å². The normalized spacial score (nSPS) is 16.2. The van der Waals surface area contributed by atoms with Gasteiger partial charge in [0.2, 0.25) is 5.91 Å². The number of halogens is 2. The van der Waals surface area contributed by atoms with Gasteiger partial charge in [-0.25, -0.2) is 8.78 Å². The summed E-state index contributed by atoms with van der Waals surface area (Å²) in [6, 6.07) is 9.37. The van der Waals surface area contributed by atoms with Crippen LogP contribution < -0.4 is 20.1 Å². The smallest absolute Gasteiger partial charge is 0.257 e. The standard InChI is InChI=1S/C21H22F2N2O4/c1-12(2)19(25-20(26)18-14(22)6-5-7-15(18)23)21(27)24-10-13-11-28-16-8-3-4-9-17(16)29-13/h3-9,12-13,19H,10-11H2,1-2H3,(H,24,27)(H,25,26). The first-order chi connectivity index (χ1) is 13.9. The zero-order chi connectivity index (χ0) is 21.0. The van der Waals surface area contributed by atoms with Crippen molar-refractivity contribution >= 4 is 11.8 Å². The lowest BCUT2D eigenvalue weighted by atomic mass is 10.0. The van der Waals surface area contributed by atoms with Crippen molar-refractivity contribution in [2.24, 2.45) is 5.92 Å². The topological polar surface area (TPSA) is 76.7 Å². The number of hydrogen-bond acceptors (Lipinski definition) is 4. The van der Waals surface area contributed by atoms with E-state index in [1.165, 1.54) is 6.07 Å². The van der Waals surface area contributed by atoms with E-state index in [-0.39, 0.29) is 19.1 Å². The molecule has 2 aromatic rings. The number of carbonyl (C=O) groups excluding carboxylic acids is 2. The number of benzene rings is 2. The second-order valence-corrected chi connectivity index (χ2v) is 7.03. The molecule has 6 nitrogen and oxygen atoms in total. The third-order valence-corrected chi connectivity index (χ3v) is 4.50. The van der Waals surface area contributed by atoms with Crippen LogP contribution in [0.4, 0.5) is 8.78 Å². The first-order valence-electron chi connectivity index (χ1n) is 9.28. The molecule has 0 radical (unpaired) electrons. The summed E-state index contributed by atoms with van der Waals surface area (Å²) < 4.78 is 39.0. The zero-order valence-electron chi connectivity index (χ0n) is 16.1. The summed E-state index contributed by atoms with van der Waals surface area (Å²) in [7, 11) is 0. The van der Waals surface area contributed by atoms with E-state index in [0.717, 1.165) is 12.1 Å². The van der Waals surface area contributed by atoms with E-state index in [1.807, 2.05) is 12.1 Å². The van der Waals surface area contributed by atoms with Gasteiger partial charge in [0.05, 0.1) is 6.54 Å². The maximum Gasteiger partial charge on any atom is 0.257 e. The Kier molecular flexibility index (Phi) is 6.31. The van der Waals surface area contributed by atoms with Gasteiger partial charge >= 0.3 is 0 Å². The van der Waals surface area contributed by atoms with Crippen molar-refractivity contribution < 1.29 is 27.8 Å². The highest BCUT2D eigenvalue weighted by Crippen LogP contribution is 2.30. The number of rotatable bonds is 6. The largest absolute Gasteiger partial charge is 0.486 e. The predicted molar refractivity (Wildman–Crippen MR) is 102 cm³/mol. The SMILES string of the molecule is CC(C)C(NC(=O)c1c(F)cccc1F)C(=O)NCC1COc2ccccc2O1. The Labute approximate surface area is 167 Å². The Bertz CT molecular complexity index is 884. The lowest BCUT2D eigenvalue weighted by molar-refractivity contribution is -0.124. The minimum Gasteiger partial charge on any atom is -0.486 e. The summed E-state index contributed by atoms with van der Waals surface area (Å²) in [5.41, 5.74) is -0.716. The van der Waals surface area contributed by atoms with Crippen LogP contribution in [0.2, 0.25) is 0 Å². The molecule has 1 aliphatic rings. The van der Waals surface area contributed by atoms with E-state index >= 15 is 0 Å². The average Bonchev–Trinajstić information content (AvgIpc) is 2.69. The van der Waals surface area contributed by atoms with Crippen LogP contribution in [-0.4, -0.2) is 37.1 Å². The molecule has 0 aliphatic carbocycles. The van der Waals surface area contributed by atoms with E-state index in [2.05, 4.69) is 10.6 Å². The van der Waals surface area contributed by atoms with Crippen molar-refractivity contribution in [2.75, 3.05) is 13.2 Å². The number of nitrogens with one attached hydrogen (secondary N) is 2. The number of carbonyl (C=O) groups is 2. The highest BCUT2D eigenvalue weighted by Gasteiger charge is 2.28. The second kappa shape index (κ2) is 8.89. The van der Waals surface area contributed by atoms with Crippen LogP contribution in [0.15, 0.2) is 42.5 Å². The van der Waals surface area contributed by atoms with Gasteiger partial charge in [-0.05, 0) is 30.2 Å². The molecule has 0 saturated heterocycles. The second-order valence-electron chi connectivity index (χ2n) is 7.03. The van der Waals surface area contributed by atoms with Gasteiger partial charge in [-0.1, -0.05) is 32.0 Å². The van der Waals surface area contributed by atoms with Gasteiger partial charge in [0, 0.05) is 0 Å². The molecule has 0 saturated carbocycles. The van der Waals surface area contributed by atoms with Gasteiger partial charge in [0.25, 0.3) is 5.91 Å². The monoisotopic (exact) mass is 404 g/mol. The Morgan fingerprint density at radius 1 is 1.07 bits per heavy atom. The number of hydrogen-bond donors (Lipinski definition) is 2. The predicted octanol–water partition coefficient (Wildman–Crippen LogP) is 2.68. The van der Waals surface area contributed by atoms with E-state index in [0.29, 0.717) is 11.5 Å². The molecule has 2 N–H and O–H groups in total. The zero-order valence-corrected chi connectivity index (χ0v) is 16.1. The van der Waals surface area contributed by atoms with E-state index in [1.54, 1.807) is 26.0 Å². The van der Waals surface area contributed by atoms with Crippen LogP contribution in [0.3, 0.4) is 0 Å². The summed E-state index contributed by atoms with van der Waals surface area (Å²) in [6.07, 6.45) is -0.402. The lowest BCUT2D eigenvalue weighted by Crippen LogP contribution is -2.52. The highest BCUT2D eigenvalue weighted by molar-refractivity contribution is 5.98. The summed E-state index contributed by atoms with van der Waals surface area (Å²) in [6.45, 7) is 3.86. The highest BCUT2D eigenvalue weighted by atomic mass is 19.1. The van der Waals surface area contributed by atoms with Gasteiger partial charge in [-0.2, -0.15) is 0 Å². The number of ether oxygens (including phenoxy) is 2. The van der Waals surface area contributed by atoms with Crippen molar-refractivity contribution in [2.45, 2.75) is 26.0 Å². The maximum absolute atomic E-state index is 13.8. The molecule has 0 bridgehead atoms. The van der Waals surface area contributed by atoms with Crippen LogP contribution in [-0.2, 0) is 4.79 Å². The Hall–Kier alpha value is -3.16. The molecule has 1 aliphatic heterocycles. The molecular weight excluding hydrogens is 382 g/mol. The van der Waals surface area contributed by atoms with Gasteiger partial charge in [-0.3, -0.25) is 9.59 Å². The number of fused-ring (bicyclic) bond motifs is 1. The molecule has 8 heteroatoms. The fraction of sp³-hybridized carbons (Fsp3) is 0.333. The summed E-state index contributed by atoms with van der Waals surface area (Å²) in [5.74, 6) is -2.53. The maximum atomic E-state index is 13.8. The Balaban J connectivity index is 1.61. The molecule has 0 spiro atoms. The third-order valence-electron chi connectivity index (χ3n) is 4.50. The minimum atomic E-state index is -0.989. The number of amides is 2. The lowest BCUT2D eigenvalue weighted by Gasteiger charge is -2.28. The minimum absolute atomic E-state index is 0.153. The van der Waals surface area contributed by atoms with E-state index in [4.69, 9.17) is 9.47 Å². The third kappa shape index (κ3) is 4.82. The van der Waals surface area contributed by atoms with Crippen molar-refractivity contribution in [3.05, 3.63) is 59.7 Å². The molecule has 2 aromatic carbocycles. The first-order valence-corrected chi connectivity index (χ1v) is 9.28. The van der Waals surface area contributed by atoms with Crippen LogP contribution in [0.25, 0.3) is 0 Å². The molecule has 154 valence electrons. The van der Waals surface area contributed by atoms with Gasteiger partial charge in [0.1, 0.15) is 36.0 Å². The molecule has 1 heterocycles. The summed E-state index contributed by atoms with van der Waals surface area (Å²) in [5, 5.41) is 5.12. The van der Waals surface area contributed by atoms with Crippen molar-refractivity contribution in [3.8, 4) is 11.5 Å².